The van der Waals surface area contributed by atoms with Crippen LogP contribution in [0.2, 0.25) is 0 Å². The molecule has 0 radical (unpaired) electrons. The number of methoxy groups -OCH3 is 1. The van der Waals surface area contributed by atoms with Gasteiger partial charge in [-0.25, -0.2) is 5.84 Å². The van der Waals surface area contributed by atoms with E-state index in [1.54, 1.807) is 30.3 Å². The van der Waals surface area contributed by atoms with Gasteiger partial charge in [-0.2, -0.15) is 0 Å². The molecule has 1 aliphatic rings. The summed E-state index contributed by atoms with van der Waals surface area (Å²) in [6, 6.07) is 11.1. The Kier molecular flexibility index (Phi) is 6.16. The number of para-hydroxylation sites is 1. The molecule has 3 aromatic rings. The normalized spacial score (nSPS) is 14.4. The lowest BCUT2D eigenvalue weighted by molar-refractivity contribution is -0.385. The van der Waals surface area contributed by atoms with Gasteiger partial charge < -0.3 is 25.1 Å². The highest BCUT2D eigenvalue weighted by molar-refractivity contribution is 5.91. The van der Waals surface area contributed by atoms with Gasteiger partial charge in [0.05, 0.1) is 42.1 Å². The predicted octanol–water partition coefficient (Wildman–Crippen LogP) is 1.92. The molecule has 0 amide bonds. The van der Waals surface area contributed by atoms with Crippen molar-refractivity contribution in [3.63, 3.8) is 0 Å². The molecule has 1 fully saturated rings. The summed E-state index contributed by atoms with van der Waals surface area (Å²) in [7, 11) is 1.35. The molecule has 0 unspecified atom stereocenters. The lowest BCUT2D eigenvalue weighted by atomic mass is 10.1. The van der Waals surface area contributed by atoms with Crippen molar-refractivity contribution >= 4 is 33.8 Å². The molecule has 5 N–H and O–H groups in total. The fraction of sp³-hybridized carbons (Fsp3) is 0.227. The number of anilines is 2. The van der Waals surface area contributed by atoms with Crippen molar-refractivity contribution in [3.8, 4) is 5.75 Å². The largest absolute Gasteiger partial charge is 0.490 e. The summed E-state index contributed by atoms with van der Waals surface area (Å²) in [5, 5.41) is 13.0. The van der Waals surface area contributed by atoms with E-state index in [1.807, 2.05) is 4.90 Å². The summed E-state index contributed by atoms with van der Waals surface area (Å²) in [6.07, 6.45) is 1.44. The Balaban J connectivity index is 1.73. The van der Waals surface area contributed by atoms with Crippen molar-refractivity contribution in [3.05, 3.63) is 74.6 Å². The van der Waals surface area contributed by atoms with Crippen LogP contribution in [0.15, 0.2) is 53.5 Å². The molecule has 33 heavy (non-hydrogen) atoms. The molecule has 2 aromatic carbocycles. The van der Waals surface area contributed by atoms with Crippen molar-refractivity contribution in [2.45, 2.75) is 0 Å². The van der Waals surface area contributed by atoms with Crippen LogP contribution >= 0.6 is 0 Å². The molecule has 1 saturated heterocycles. The van der Waals surface area contributed by atoms with Crippen LogP contribution in [0.5, 0.6) is 5.75 Å². The highest BCUT2D eigenvalue weighted by Gasteiger charge is 2.18. The number of aromatic amines is 1. The van der Waals surface area contributed by atoms with Crippen molar-refractivity contribution in [1.82, 2.24) is 4.98 Å². The minimum absolute atomic E-state index is 0.122. The van der Waals surface area contributed by atoms with Crippen molar-refractivity contribution in [1.29, 1.82) is 0 Å². The van der Waals surface area contributed by atoms with Gasteiger partial charge in [0.1, 0.15) is 5.82 Å². The quantitative estimate of drug-likeness (QED) is 0.289. The van der Waals surface area contributed by atoms with Gasteiger partial charge in [-0.3, -0.25) is 19.9 Å². The first-order chi connectivity index (χ1) is 15.9. The molecule has 0 atom stereocenters. The Morgan fingerprint density at radius 2 is 2.03 bits per heavy atom. The number of hydrogen-bond donors (Lipinski definition) is 3. The van der Waals surface area contributed by atoms with Gasteiger partial charge in [-0.15, -0.1) is 0 Å². The van der Waals surface area contributed by atoms with Gasteiger partial charge in [-0.05, 0) is 18.2 Å². The van der Waals surface area contributed by atoms with E-state index in [1.165, 1.54) is 30.5 Å². The number of nitro benzene ring substituents is 1. The Morgan fingerprint density at radius 3 is 2.73 bits per heavy atom. The second kappa shape index (κ2) is 9.18. The second-order valence-electron chi connectivity index (χ2n) is 7.45. The summed E-state index contributed by atoms with van der Waals surface area (Å²) < 4.78 is 10.4. The first kappa shape index (κ1) is 22.1. The molecule has 172 valence electrons. The van der Waals surface area contributed by atoms with E-state index < -0.39 is 4.92 Å². The van der Waals surface area contributed by atoms with Crippen LogP contribution in [-0.4, -0.2) is 43.3 Å². The number of rotatable bonds is 6. The van der Waals surface area contributed by atoms with Crippen LogP contribution in [0.1, 0.15) is 5.56 Å². The Labute approximate surface area is 188 Å². The number of hydrogen-bond acceptors (Lipinski definition) is 9. The number of benzene rings is 2. The number of fused-ring (bicyclic) bond motifs is 1. The lowest BCUT2D eigenvalue weighted by Crippen LogP contribution is -2.37. The van der Waals surface area contributed by atoms with Crippen LogP contribution < -0.4 is 31.7 Å². The van der Waals surface area contributed by atoms with Crippen LogP contribution in [0, 0.1) is 10.1 Å². The van der Waals surface area contributed by atoms with Crippen LogP contribution in [0.3, 0.4) is 0 Å². The van der Waals surface area contributed by atoms with E-state index in [0.717, 1.165) is 0 Å². The third-order valence-corrected chi connectivity index (χ3v) is 5.45. The van der Waals surface area contributed by atoms with Gasteiger partial charge in [0.25, 0.3) is 0 Å². The maximum atomic E-state index is 12.8. The van der Waals surface area contributed by atoms with E-state index in [9.17, 15) is 14.9 Å². The van der Waals surface area contributed by atoms with Gasteiger partial charge in [-0.1, -0.05) is 12.1 Å². The zero-order valence-corrected chi connectivity index (χ0v) is 18.0. The van der Waals surface area contributed by atoms with Gasteiger partial charge in [0.15, 0.2) is 11.2 Å². The number of H-pyrrole nitrogens is 1. The van der Waals surface area contributed by atoms with Gasteiger partial charge in [0, 0.05) is 42.4 Å². The monoisotopic (exact) mass is 452 g/mol. The minimum atomic E-state index is -0.550. The standard InChI is InChI=1S/C22H24N6O5/c1-32-20-6-5-14(11-18(20)28(30)31)27(24)13-17(23)15-3-2-4-16-19(29)12-21(25-22(15)16)26-7-9-33-10-8-26/h2-6,11-13H,7-10,23-24H2,1H3,(H,25,29)/b17-13-. The molecule has 0 bridgehead atoms. The fourth-order valence-corrected chi connectivity index (χ4v) is 3.75. The third-order valence-electron chi connectivity index (χ3n) is 5.45. The number of aromatic nitrogens is 1. The van der Waals surface area contributed by atoms with Crippen LogP contribution in [0.25, 0.3) is 16.6 Å². The fourth-order valence-electron chi connectivity index (χ4n) is 3.75. The number of nitrogens with two attached hydrogens (primary N) is 2. The molecule has 0 saturated carbocycles. The molecule has 11 nitrogen and oxygen atoms in total. The Bertz CT molecular complexity index is 1280. The smallest absolute Gasteiger partial charge is 0.313 e. The highest BCUT2D eigenvalue weighted by Crippen LogP contribution is 2.31. The Morgan fingerprint density at radius 1 is 1.27 bits per heavy atom. The first-order valence-electron chi connectivity index (χ1n) is 10.2. The third kappa shape index (κ3) is 4.45. The number of ether oxygens (including phenoxy) is 2. The maximum Gasteiger partial charge on any atom is 0.313 e. The number of nitrogens with zero attached hydrogens (tertiary/aromatic N) is 3. The predicted molar refractivity (Wildman–Crippen MR) is 126 cm³/mol. The molecule has 11 heteroatoms. The number of pyridine rings is 1. The number of morpholine rings is 1. The molecule has 0 aliphatic carbocycles. The van der Waals surface area contributed by atoms with Gasteiger partial charge in [0.2, 0.25) is 0 Å². The summed E-state index contributed by atoms with van der Waals surface area (Å²) in [6.45, 7) is 2.50. The molecule has 4 rings (SSSR count). The SMILES string of the molecule is COc1ccc(N(N)/C=C(\N)c2cccc3c(=O)cc(N4CCOCC4)[nH]c23)cc1[N+](=O)[O-]. The topological polar surface area (TPSA) is 153 Å². The second-order valence-corrected chi connectivity index (χ2v) is 7.45. The Hall–Kier alpha value is -4.09. The summed E-state index contributed by atoms with van der Waals surface area (Å²) in [4.78, 5) is 28.9. The molecule has 1 aromatic heterocycles. The van der Waals surface area contributed by atoms with E-state index in [4.69, 9.17) is 21.1 Å². The molecule has 0 spiro atoms. The zero-order chi connectivity index (χ0) is 23.5. The molecular weight excluding hydrogens is 428 g/mol. The van der Waals surface area contributed by atoms with E-state index in [2.05, 4.69) is 4.98 Å². The molecular formula is C22H24N6O5. The average molecular weight is 452 g/mol. The number of nitro groups is 1. The van der Waals surface area contributed by atoms with Crippen molar-refractivity contribution < 1.29 is 14.4 Å². The average Bonchev–Trinajstić information content (AvgIpc) is 2.83. The highest BCUT2D eigenvalue weighted by atomic mass is 16.6. The number of hydrazine groups is 1. The summed E-state index contributed by atoms with van der Waals surface area (Å²) in [5.74, 6) is 6.94. The summed E-state index contributed by atoms with van der Waals surface area (Å²) >= 11 is 0. The lowest BCUT2D eigenvalue weighted by Gasteiger charge is -2.28. The first-order valence-corrected chi connectivity index (χ1v) is 10.2. The number of nitrogens with one attached hydrogen (secondary N) is 1. The van der Waals surface area contributed by atoms with Crippen LogP contribution in [-0.2, 0) is 4.74 Å². The van der Waals surface area contributed by atoms with E-state index in [-0.39, 0.29) is 22.6 Å². The van der Waals surface area contributed by atoms with E-state index >= 15 is 0 Å². The van der Waals surface area contributed by atoms with Crippen LogP contribution in [0.4, 0.5) is 17.2 Å². The van der Waals surface area contributed by atoms with Gasteiger partial charge >= 0.3 is 5.69 Å². The molecule has 1 aliphatic heterocycles. The molecule has 2 heterocycles. The zero-order valence-electron chi connectivity index (χ0n) is 18.0. The maximum absolute atomic E-state index is 12.8. The minimum Gasteiger partial charge on any atom is -0.490 e. The van der Waals surface area contributed by atoms with Crippen molar-refractivity contribution in [2.75, 3.05) is 43.3 Å². The van der Waals surface area contributed by atoms with E-state index in [0.29, 0.717) is 54.3 Å². The summed E-state index contributed by atoms with van der Waals surface area (Å²) in [5.41, 5.74) is 7.78. The van der Waals surface area contributed by atoms with Crippen molar-refractivity contribution in [2.24, 2.45) is 11.6 Å².